The summed E-state index contributed by atoms with van der Waals surface area (Å²) in [5.41, 5.74) is 6.32. The smallest absolute Gasteiger partial charge is 0.192 e. The number of aryl methyl sites for hydroxylation is 1. The van der Waals surface area contributed by atoms with Crippen LogP contribution >= 0.6 is 0 Å². The Morgan fingerprint density at radius 3 is 2.67 bits per heavy atom. The molecule has 0 amide bonds. The van der Waals surface area contributed by atoms with E-state index in [1.165, 1.54) is 28.8 Å². The highest BCUT2D eigenvalue weighted by molar-refractivity contribution is 5.69. The lowest BCUT2D eigenvalue weighted by Crippen LogP contribution is -2.53. The summed E-state index contributed by atoms with van der Waals surface area (Å²) in [7, 11) is 0. The molecule has 0 radical (unpaired) electrons. The first-order valence-electron chi connectivity index (χ1n) is 6.70. The molecule has 1 aromatic carbocycles. The minimum atomic E-state index is 0.267. The van der Waals surface area contributed by atoms with E-state index in [0.717, 1.165) is 0 Å². The zero-order chi connectivity index (χ0) is 12.5. The predicted molar refractivity (Wildman–Crippen MR) is 72.4 cm³/mol. The second-order valence-corrected chi connectivity index (χ2v) is 6.24. The molecule has 2 aliphatic rings. The fourth-order valence-corrected chi connectivity index (χ4v) is 3.92. The molecule has 0 bridgehead atoms. The van der Waals surface area contributed by atoms with Gasteiger partial charge in [0.05, 0.1) is 11.0 Å². The Bertz CT molecular complexity index is 673. The molecule has 2 unspecified atom stereocenters. The molecule has 0 saturated heterocycles. The SMILES string of the molecule is Cc1ccc[n+]2c1-c1ccccc1C1(C)CC21C. The summed E-state index contributed by atoms with van der Waals surface area (Å²) in [5.74, 6) is 0. The fourth-order valence-electron chi connectivity index (χ4n) is 3.92. The van der Waals surface area contributed by atoms with Gasteiger partial charge < -0.3 is 0 Å². The van der Waals surface area contributed by atoms with Crippen LogP contribution in [0.5, 0.6) is 0 Å². The van der Waals surface area contributed by atoms with Crippen molar-refractivity contribution >= 4 is 0 Å². The Morgan fingerprint density at radius 2 is 1.83 bits per heavy atom. The lowest BCUT2D eigenvalue weighted by molar-refractivity contribution is -0.731. The average molecular weight is 236 g/mol. The van der Waals surface area contributed by atoms with Crippen LogP contribution in [0.25, 0.3) is 11.3 Å². The Labute approximate surface area is 108 Å². The summed E-state index contributed by atoms with van der Waals surface area (Å²) >= 11 is 0. The third-order valence-electron chi connectivity index (χ3n) is 5.27. The van der Waals surface area contributed by atoms with E-state index in [0.29, 0.717) is 5.41 Å². The third kappa shape index (κ3) is 0.937. The Balaban J connectivity index is 2.16. The minimum absolute atomic E-state index is 0.267. The molecular formula is C17H18N+. The van der Waals surface area contributed by atoms with Gasteiger partial charge in [-0.05, 0) is 31.5 Å². The van der Waals surface area contributed by atoms with Crippen molar-refractivity contribution in [3.63, 3.8) is 0 Å². The highest BCUT2D eigenvalue weighted by atomic mass is 15.1. The van der Waals surface area contributed by atoms with Gasteiger partial charge >= 0.3 is 0 Å². The maximum absolute atomic E-state index is 2.50. The first-order chi connectivity index (χ1) is 8.58. The minimum Gasteiger partial charge on any atom is -0.192 e. The van der Waals surface area contributed by atoms with Gasteiger partial charge in [-0.1, -0.05) is 18.2 Å². The molecule has 18 heavy (non-hydrogen) atoms. The van der Waals surface area contributed by atoms with Crippen molar-refractivity contribution in [1.29, 1.82) is 0 Å². The van der Waals surface area contributed by atoms with Crippen molar-refractivity contribution in [3.8, 4) is 11.3 Å². The first kappa shape index (κ1) is 10.3. The van der Waals surface area contributed by atoms with E-state index < -0.39 is 0 Å². The van der Waals surface area contributed by atoms with Gasteiger partial charge in [0.2, 0.25) is 5.69 Å². The number of hydrogen-bond acceptors (Lipinski definition) is 0. The van der Waals surface area contributed by atoms with Crippen molar-refractivity contribution in [2.24, 2.45) is 0 Å². The summed E-state index contributed by atoms with van der Waals surface area (Å²) in [6, 6.07) is 13.3. The first-order valence-corrected chi connectivity index (χ1v) is 6.70. The Morgan fingerprint density at radius 1 is 1.06 bits per heavy atom. The molecule has 4 rings (SSSR count). The standard InChI is InChI=1S/C17H18N/c1-12-7-6-10-18-15(12)13-8-4-5-9-14(13)16(2)11-17(16,18)3/h4-10H,11H2,1-3H3/q+1. The van der Waals surface area contributed by atoms with Crippen LogP contribution in [0.4, 0.5) is 0 Å². The van der Waals surface area contributed by atoms with Crippen molar-refractivity contribution in [2.75, 3.05) is 0 Å². The highest BCUT2D eigenvalue weighted by Crippen LogP contribution is 2.63. The quantitative estimate of drug-likeness (QED) is 0.618. The molecule has 1 saturated carbocycles. The summed E-state index contributed by atoms with van der Waals surface area (Å²) in [5, 5.41) is 0. The van der Waals surface area contributed by atoms with E-state index >= 15 is 0 Å². The highest BCUT2D eigenvalue weighted by Gasteiger charge is 2.73. The van der Waals surface area contributed by atoms with E-state index in [1.807, 2.05) is 0 Å². The van der Waals surface area contributed by atoms with Gasteiger partial charge in [0, 0.05) is 25.0 Å². The lowest BCUT2D eigenvalue weighted by Gasteiger charge is -2.25. The van der Waals surface area contributed by atoms with E-state index in [4.69, 9.17) is 0 Å². The Hall–Kier alpha value is -1.63. The van der Waals surface area contributed by atoms with Crippen LogP contribution < -0.4 is 4.57 Å². The zero-order valence-electron chi connectivity index (χ0n) is 11.2. The molecule has 2 aromatic rings. The summed E-state index contributed by atoms with van der Waals surface area (Å²) < 4.78 is 2.50. The fraction of sp³-hybridized carbons (Fsp3) is 0.353. The number of rotatable bonds is 0. The van der Waals surface area contributed by atoms with Crippen LogP contribution in [0.1, 0.15) is 31.4 Å². The van der Waals surface area contributed by atoms with Gasteiger partial charge in [-0.3, -0.25) is 0 Å². The van der Waals surface area contributed by atoms with E-state index in [9.17, 15) is 0 Å². The molecule has 2 heterocycles. The number of pyridine rings is 1. The number of fused-ring (bicyclic) bond motifs is 6. The molecule has 1 aliphatic carbocycles. The molecule has 0 spiro atoms. The van der Waals surface area contributed by atoms with Crippen LogP contribution in [-0.4, -0.2) is 0 Å². The van der Waals surface area contributed by atoms with Crippen molar-refractivity contribution in [3.05, 3.63) is 53.7 Å². The number of hydrogen-bond donors (Lipinski definition) is 0. The molecule has 1 aromatic heterocycles. The largest absolute Gasteiger partial charge is 0.216 e. The molecule has 1 nitrogen and oxygen atoms in total. The van der Waals surface area contributed by atoms with Gasteiger partial charge in [-0.15, -0.1) is 0 Å². The van der Waals surface area contributed by atoms with Crippen LogP contribution in [-0.2, 0) is 11.0 Å². The molecule has 1 aliphatic heterocycles. The monoisotopic (exact) mass is 236 g/mol. The van der Waals surface area contributed by atoms with Gasteiger partial charge in [-0.25, -0.2) is 0 Å². The van der Waals surface area contributed by atoms with E-state index in [2.05, 4.69) is 67.9 Å². The second-order valence-electron chi connectivity index (χ2n) is 6.24. The lowest BCUT2D eigenvalue weighted by atomic mass is 9.83. The van der Waals surface area contributed by atoms with Crippen LogP contribution in [0.15, 0.2) is 42.6 Å². The van der Waals surface area contributed by atoms with Crippen molar-refractivity contribution in [2.45, 2.75) is 38.1 Å². The number of benzene rings is 1. The van der Waals surface area contributed by atoms with E-state index in [-0.39, 0.29) is 5.54 Å². The topological polar surface area (TPSA) is 3.88 Å². The van der Waals surface area contributed by atoms with Gasteiger partial charge in [-0.2, -0.15) is 4.57 Å². The number of nitrogens with zero attached hydrogens (tertiary/aromatic N) is 1. The third-order valence-corrected chi connectivity index (χ3v) is 5.27. The van der Waals surface area contributed by atoms with Gasteiger partial charge in [0.25, 0.3) is 0 Å². The van der Waals surface area contributed by atoms with Crippen molar-refractivity contribution < 1.29 is 4.57 Å². The van der Waals surface area contributed by atoms with Crippen LogP contribution in [0.3, 0.4) is 0 Å². The average Bonchev–Trinajstić information content (AvgIpc) is 2.95. The zero-order valence-corrected chi connectivity index (χ0v) is 11.2. The molecule has 2 atom stereocenters. The summed E-state index contributed by atoms with van der Waals surface area (Å²) in [4.78, 5) is 0. The maximum Gasteiger partial charge on any atom is 0.216 e. The molecule has 0 N–H and O–H groups in total. The molecular weight excluding hydrogens is 218 g/mol. The van der Waals surface area contributed by atoms with E-state index in [1.54, 1.807) is 0 Å². The maximum atomic E-state index is 2.50. The van der Waals surface area contributed by atoms with Crippen LogP contribution in [0.2, 0.25) is 0 Å². The molecule has 1 heteroatoms. The Kier molecular flexibility index (Phi) is 1.63. The normalized spacial score (nSPS) is 31.3. The predicted octanol–water partition coefficient (Wildman–Crippen LogP) is 3.34. The number of aromatic nitrogens is 1. The second kappa shape index (κ2) is 2.85. The van der Waals surface area contributed by atoms with Crippen LogP contribution in [0, 0.1) is 6.92 Å². The summed E-state index contributed by atoms with van der Waals surface area (Å²) in [6.07, 6.45) is 3.50. The van der Waals surface area contributed by atoms with Crippen molar-refractivity contribution in [1.82, 2.24) is 0 Å². The van der Waals surface area contributed by atoms with Gasteiger partial charge in [0.15, 0.2) is 11.7 Å². The summed E-state index contributed by atoms with van der Waals surface area (Å²) in [6.45, 7) is 7.02. The molecule has 90 valence electrons. The van der Waals surface area contributed by atoms with Gasteiger partial charge in [0.1, 0.15) is 0 Å². The molecule has 1 fully saturated rings.